The third kappa shape index (κ3) is 4.64. The van der Waals surface area contributed by atoms with E-state index < -0.39 is 12.0 Å². The molecule has 0 aromatic carbocycles. The molecule has 0 bridgehead atoms. The van der Waals surface area contributed by atoms with E-state index in [4.69, 9.17) is 5.11 Å². The lowest BCUT2D eigenvalue weighted by Gasteiger charge is -2.30. The molecule has 1 amide bonds. The topological polar surface area (TPSA) is 57.6 Å². The number of carboxylic acid groups (broad SMARTS) is 1. The Morgan fingerprint density at radius 2 is 2.00 bits per heavy atom. The third-order valence-corrected chi connectivity index (χ3v) is 3.13. The zero-order valence-electron chi connectivity index (χ0n) is 9.36. The molecule has 0 rings (SSSR count). The van der Waals surface area contributed by atoms with Crippen LogP contribution >= 0.6 is 15.9 Å². The Hall–Kier alpha value is -0.580. The minimum Gasteiger partial charge on any atom is -0.480 e. The van der Waals surface area contributed by atoms with E-state index in [2.05, 4.69) is 22.9 Å². The first-order chi connectivity index (χ1) is 6.91. The quantitative estimate of drug-likeness (QED) is 0.599. The molecular formula is C10H18BrNO3. The number of unbranched alkanes of at least 4 members (excludes halogenated alkanes) is 1. The van der Waals surface area contributed by atoms with E-state index in [9.17, 15) is 9.59 Å². The van der Waals surface area contributed by atoms with Crippen molar-refractivity contribution in [1.82, 2.24) is 4.90 Å². The van der Waals surface area contributed by atoms with Crippen LogP contribution in [0, 0.1) is 0 Å². The number of rotatable bonds is 6. The summed E-state index contributed by atoms with van der Waals surface area (Å²) in [5.41, 5.74) is 0. The highest BCUT2D eigenvalue weighted by Crippen LogP contribution is 2.18. The average molecular weight is 280 g/mol. The van der Waals surface area contributed by atoms with E-state index in [1.165, 1.54) is 18.7 Å². The summed E-state index contributed by atoms with van der Waals surface area (Å²) in [4.78, 5) is 23.3. The predicted molar refractivity (Wildman–Crippen MR) is 61.9 cm³/mol. The van der Waals surface area contributed by atoms with E-state index in [-0.39, 0.29) is 10.9 Å². The number of alkyl halides is 1. The van der Waals surface area contributed by atoms with Gasteiger partial charge in [0.1, 0.15) is 6.04 Å². The van der Waals surface area contributed by atoms with E-state index in [1.54, 1.807) is 0 Å². The van der Waals surface area contributed by atoms with E-state index in [0.717, 1.165) is 19.3 Å². The zero-order valence-corrected chi connectivity index (χ0v) is 11.0. The Labute approximate surface area is 98.8 Å². The van der Waals surface area contributed by atoms with Gasteiger partial charge >= 0.3 is 5.97 Å². The molecule has 0 aliphatic heterocycles. The Morgan fingerprint density at radius 3 is 2.33 bits per heavy atom. The minimum absolute atomic E-state index is 0.193. The number of hydrogen-bond donors (Lipinski definition) is 1. The van der Waals surface area contributed by atoms with Gasteiger partial charge in [-0.05, 0) is 13.3 Å². The van der Waals surface area contributed by atoms with Crippen LogP contribution in [0.4, 0.5) is 0 Å². The van der Waals surface area contributed by atoms with Crippen molar-refractivity contribution >= 4 is 27.8 Å². The molecule has 0 aromatic heterocycles. The summed E-state index contributed by atoms with van der Waals surface area (Å²) in [6, 6.07) is -0.788. The lowest BCUT2D eigenvalue weighted by molar-refractivity contribution is -0.149. The van der Waals surface area contributed by atoms with Crippen molar-refractivity contribution in [3.63, 3.8) is 0 Å². The van der Waals surface area contributed by atoms with Gasteiger partial charge in [0.15, 0.2) is 0 Å². The summed E-state index contributed by atoms with van der Waals surface area (Å²) in [5.74, 6) is -1.20. The number of amides is 1. The van der Waals surface area contributed by atoms with Crippen molar-refractivity contribution in [1.29, 1.82) is 0 Å². The normalized spacial score (nSPS) is 14.4. The lowest BCUT2D eigenvalue weighted by Crippen LogP contribution is -2.46. The maximum atomic E-state index is 11.3. The fourth-order valence-electron chi connectivity index (χ4n) is 1.34. The van der Waals surface area contributed by atoms with Crippen LogP contribution in [0.15, 0.2) is 0 Å². The van der Waals surface area contributed by atoms with Crippen LogP contribution in [-0.2, 0) is 9.59 Å². The second kappa shape index (κ2) is 6.82. The van der Waals surface area contributed by atoms with Gasteiger partial charge in [-0.25, -0.2) is 4.79 Å². The molecule has 0 radical (unpaired) electrons. The third-order valence-electron chi connectivity index (χ3n) is 2.24. The summed E-state index contributed by atoms with van der Waals surface area (Å²) >= 11 is 3.36. The molecular weight excluding hydrogens is 262 g/mol. The number of halogens is 1. The number of carboxylic acids is 1. The molecule has 0 spiro atoms. The number of aliphatic carboxylic acids is 1. The predicted octanol–water partition coefficient (Wildman–Crippen LogP) is 2.22. The SMILES string of the molecule is CCCCC(Br)N(C(C)=O)[C@H](C)C(=O)O. The smallest absolute Gasteiger partial charge is 0.326 e. The van der Waals surface area contributed by atoms with E-state index in [1.807, 2.05) is 0 Å². The fourth-order valence-corrected chi connectivity index (χ4v) is 2.31. The van der Waals surface area contributed by atoms with Gasteiger partial charge in [0.25, 0.3) is 0 Å². The van der Waals surface area contributed by atoms with Crippen molar-refractivity contribution in [3.05, 3.63) is 0 Å². The van der Waals surface area contributed by atoms with Crippen LogP contribution < -0.4 is 0 Å². The number of hydrogen-bond acceptors (Lipinski definition) is 2. The molecule has 0 aromatic rings. The standard InChI is InChI=1S/C10H18BrNO3/c1-4-5-6-9(11)12(8(3)13)7(2)10(14)15/h7,9H,4-6H2,1-3H3,(H,14,15)/t7-,9?/m1/s1. The first kappa shape index (κ1) is 14.4. The maximum absolute atomic E-state index is 11.3. The van der Waals surface area contributed by atoms with Crippen molar-refractivity contribution < 1.29 is 14.7 Å². The molecule has 2 atom stereocenters. The molecule has 0 heterocycles. The van der Waals surface area contributed by atoms with Crippen LogP contribution in [0.5, 0.6) is 0 Å². The van der Waals surface area contributed by atoms with E-state index in [0.29, 0.717) is 0 Å². The summed E-state index contributed by atoms with van der Waals surface area (Å²) < 4.78 is 0. The Balaban J connectivity index is 4.51. The highest BCUT2D eigenvalue weighted by molar-refractivity contribution is 9.09. The summed E-state index contributed by atoms with van der Waals surface area (Å²) in [7, 11) is 0. The Kier molecular flexibility index (Phi) is 6.56. The van der Waals surface area contributed by atoms with Crippen LogP contribution in [0.25, 0.3) is 0 Å². The lowest BCUT2D eigenvalue weighted by atomic mass is 10.2. The van der Waals surface area contributed by atoms with Gasteiger partial charge in [0, 0.05) is 6.92 Å². The van der Waals surface area contributed by atoms with Crippen LogP contribution in [0.2, 0.25) is 0 Å². The highest BCUT2D eigenvalue weighted by Gasteiger charge is 2.27. The number of carbonyl (C=O) groups is 2. The summed E-state index contributed by atoms with van der Waals surface area (Å²) in [6.07, 6.45) is 2.76. The second-order valence-electron chi connectivity index (χ2n) is 3.52. The maximum Gasteiger partial charge on any atom is 0.326 e. The number of carbonyl (C=O) groups excluding carboxylic acids is 1. The van der Waals surface area contributed by atoms with Crippen molar-refractivity contribution in [2.45, 2.75) is 51.0 Å². The second-order valence-corrected chi connectivity index (χ2v) is 4.57. The van der Waals surface area contributed by atoms with E-state index >= 15 is 0 Å². The van der Waals surface area contributed by atoms with Gasteiger partial charge in [-0.1, -0.05) is 35.7 Å². The van der Waals surface area contributed by atoms with Crippen LogP contribution in [0.1, 0.15) is 40.0 Å². The highest BCUT2D eigenvalue weighted by atomic mass is 79.9. The van der Waals surface area contributed by atoms with Crippen molar-refractivity contribution in [3.8, 4) is 0 Å². The Bertz CT molecular complexity index is 233. The first-order valence-corrected chi connectivity index (χ1v) is 5.99. The van der Waals surface area contributed by atoms with Gasteiger partial charge in [-0.3, -0.25) is 4.79 Å². The largest absolute Gasteiger partial charge is 0.480 e. The van der Waals surface area contributed by atoms with Crippen molar-refractivity contribution in [2.24, 2.45) is 0 Å². The van der Waals surface area contributed by atoms with Crippen LogP contribution in [0.3, 0.4) is 0 Å². The van der Waals surface area contributed by atoms with Gasteiger partial charge < -0.3 is 10.0 Å². The first-order valence-electron chi connectivity index (χ1n) is 5.07. The Morgan fingerprint density at radius 1 is 1.47 bits per heavy atom. The average Bonchev–Trinajstić information content (AvgIpc) is 2.14. The van der Waals surface area contributed by atoms with Gasteiger partial charge in [0.05, 0.1) is 4.95 Å². The minimum atomic E-state index is -0.980. The fraction of sp³-hybridized carbons (Fsp3) is 0.800. The monoisotopic (exact) mass is 279 g/mol. The molecule has 0 saturated carbocycles. The summed E-state index contributed by atoms with van der Waals surface area (Å²) in [5, 5.41) is 8.86. The van der Waals surface area contributed by atoms with Gasteiger partial charge in [-0.15, -0.1) is 0 Å². The van der Waals surface area contributed by atoms with Gasteiger partial charge in [0.2, 0.25) is 5.91 Å². The molecule has 0 aliphatic rings. The molecule has 4 nitrogen and oxygen atoms in total. The zero-order chi connectivity index (χ0) is 12.0. The molecule has 0 saturated heterocycles. The molecule has 1 unspecified atom stereocenters. The van der Waals surface area contributed by atoms with Crippen LogP contribution in [-0.4, -0.2) is 32.9 Å². The number of nitrogens with zero attached hydrogens (tertiary/aromatic N) is 1. The molecule has 15 heavy (non-hydrogen) atoms. The molecule has 5 heteroatoms. The molecule has 0 aliphatic carbocycles. The van der Waals surface area contributed by atoms with Gasteiger partial charge in [-0.2, -0.15) is 0 Å². The molecule has 1 N–H and O–H groups in total. The summed E-state index contributed by atoms with van der Waals surface area (Å²) in [6.45, 7) is 4.96. The molecule has 88 valence electrons. The molecule has 0 fully saturated rings. The van der Waals surface area contributed by atoms with Crippen molar-refractivity contribution in [2.75, 3.05) is 0 Å².